The number of aromatic nitrogens is 2. The maximum atomic E-state index is 13.1. The monoisotopic (exact) mass is 563 g/mol. The van der Waals surface area contributed by atoms with Crippen molar-refractivity contribution in [1.82, 2.24) is 25.9 Å². The maximum absolute atomic E-state index is 13.1. The molecule has 0 bridgehead atoms. The molecule has 0 aliphatic rings. The van der Waals surface area contributed by atoms with Crippen molar-refractivity contribution in [2.24, 2.45) is 5.92 Å². The van der Waals surface area contributed by atoms with Gasteiger partial charge in [0.25, 0.3) is 5.91 Å². The van der Waals surface area contributed by atoms with Crippen molar-refractivity contribution in [1.29, 1.82) is 0 Å². The maximum Gasteiger partial charge on any atom is 0.252 e. The van der Waals surface area contributed by atoms with Gasteiger partial charge in [0.15, 0.2) is 0 Å². The second-order valence-electron chi connectivity index (χ2n) is 9.27. The molecule has 0 saturated carbocycles. The van der Waals surface area contributed by atoms with E-state index in [9.17, 15) is 14.4 Å². The van der Waals surface area contributed by atoms with Crippen LogP contribution in [0.15, 0.2) is 60.7 Å². The van der Waals surface area contributed by atoms with Gasteiger partial charge in [0.1, 0.15) is 6.61 Å². The second kappa shape index (κ2) is 16.6. The van der Waals surface area contributed by atoms with E-state index in [0.29, 0.717) is 41.3 Å². The summed E-state index contributed by atoms with van der Waals surface area (Å²) in [6.07, 6.45) is 3.96. The smallest absolute Gasteiger partial charge is 0.252 e. The Morgan fingerprint density at radius 1 is 0.976 bits per heavy atom. The predicted molar refractivity (Wildman–Crippen MR) is 153 cm³/mol. The molecule has 0 unspecified atom stereocenters. The fraction of sp³-hybridized carbons (Fsp3) is 0.367. The van der Waals surface area contributed by atoms with Crippen molar-refractivity contribution >= 4 is 18.2 Å². The number of nitrogens with one attached hydrogen (secondary N) is 2. The molecule has 41 heavy (non-hydrogen) atoms. The lowest BCUT2D eigenvalue weighted by molar-refractivity contribution is -0.182. The molecule has 11 nitrogen and oxygen atoms in total. The molecule has 2 N–H and O–H groups in total. The molecule has 0 saturated heterocycles. The summed E-state index contributed by atoms with van der Waals surface area (Å²) in [5.74, 6) is -0.537. The molecule has 1 aromatic heterocycles. The van der Waals surface area contributed by atoms with Crippen LogP contribution in [0.4, 0.5) is 0 Å². The van der Waals surface area contributed by atoms with Gasteiger partial charge in [-0.2, -0.15) is 0 Å². The van der Waals surface area contributed by atoms with Crippen LogP contribution in [0.5, 0.6) is 11.8 Å². The van der Waals surface area contributed by atoms with E-state index in [1.807, 2.05) is 36.4 Å². The van der Waals surface area contributed by atoms with E-state index in [0.717, 1.165) is 29.9 Å². The Hall–Kier alpha value is -4.51. The number of hydroxylamine groups is 2. The summed E-state index contributed by atoms with van der Waals surface area (Å²) < 4.78 is 10.5. The van der Waals surface area contributed by atoms with Crippen LogP contribution in [0.1, 0.15) is 48.5 Å². The van der Waals surface area contributed by atoms with Gasteiger partial charge in [-0.05, 0) is 29.7 Å². The van der Waals surface area contributed by atoms with Gasteiger partial charge in [-0.15, -0.1) is 10.2 Å². The van der Waals surface area contributed by atoms with Crippen molar-refractivity contribution in [3.63, 3.8) is 0 Å². The zero-order valence-corrected chi connectivity index (χ0v) is 23.7. The van der Waals surface area contributed by atoms with E-state index in [-0.39, 0.29) is 31.6 Å². The molecule has 218 valence electrons. The lowest BCUT2D eigenvalue weighted by atomic mass is 10.00. The third-order valence-corrected chi connectivity index (χ3v) is 6.37. The molecule has 2 aromatic carbocycles. The highest BCUT2D eigenvalue weighted by molar-refractivity contribution is 5.95. The number of ether oxygens (including phenoxy) is 2. The number of hydrogen-bond donors (Lipinski definition) is 2. The molecule has 1 atom stereocenters. The van der Waals surface area contributed by atoms with Crippen LogP contribution in [0.3, 0.4) is 0 Å². The van der Waals surface area contributed by atoms with Crippen LogP contribution in [-0.2, 0) is 21.0 Å². The first-order valence-electron chi connectivity index (χ1n) is 13.5. The number of nitrogens with zero attached hydrogens (tertiary/aromatic N) is 3. The molecule has 3 amide bonds. The summed E-state index contributed by atoms with van der Waals surface area (Å²) in [7, 11) is 2.97. The van der Waals surface area contributed by atoms with Gasteiger partial charge in [-0.1, -0.05) is 68.7 Å². The van der Waals surface area contributed by atoms with E-state index in [1.165, 1.54) is 14.2 Å². The molecular weight excluding hydrogens is 526 g/mol. The van der Waals surface area contributed by atoms with Crippen molar-refractivity contribution < 1.29 is 28.7 Å². The minimum Gasteiger partial charge on any atom is -0.480 e. The Labute approximate surface area is 240 Å². The molecule has 1 heterocycles. The number of benzene rings is 2. The van der Waals surface area contributed by atoms with E-state index in [4.69, 9.17) is 14.3 Å². The van der Waals surface area contributed by atoms with E-state index >= 15 is 0 Å². The first-order chi connectivity index (χ1) is 20.0. The van der Waals surface area contributed by atoms with Gasteiger partial charge >= 0.3 is 0 Å². The molecule has 11 heteroatoms. The van der Waals surface area contributed by atoms with E-state index in [2.05, 4.69) is 27.8 Å². The minimum atomic E-state index is -0.496. The molecule has 3 rings (SSSR count). The summed E-state index contributed by atoms with van der Waals surface area (Å²) >= 11 is 0. The molecule has 3 aromatic rings. The Balaban J connectivity index is 1.59. The number of carbonyl (C=O) groups excluding carboxylic acids is 3. The predicted octanol–water partition coefficient (Wildman–Crippen LogP) is 3.75. The lowest BCUT2D eigenvalue weighted by Gasteiger charge is -2.23. The van der Waals surface area contributed by atoms with E-state index < -0.39 is 5.92 Å². The van der Waals surface area contributed by atoms with Crippen LogP contribution in [0, 0.1) is 5.92 Å². The number of hydrogen-bond acceptors (Lipinski definition) is 8. The molecular formula is C30H37N5O6. The number of unbranched alkanes of at least 4 members (excludes halogenated alkanes) is 2. The second-order valence-corrected chi connectivity index (χ2v) is 9.27. The van der Waals surface area contributed by atoms with Gasteiger partial charge in [0, 0.05) is 11.6 Å². The number of carbonyl (C=O) groups is 3. The Morgan fingerprint density at radius 2 is 1.78 bits per heavy atom. The standard InChI is InChI=1S/C30H37N5O6/c1-4-5-7-13-25(18-35(21-36)41-19-22-11-8-6-9-12-22)29(38)32-20-31-28(37)24-15-10-14-23(16-24)26-17-27(39-2)33-34-30(26)40-3/h6,8-12,14-17,21,25H,4-5,7,13,18-20H2,1-3H3,(H,31,37)(H,32,38)/t25-/m1/s1. The summed E-state index contributed by atoms with van der Waals surface area (Å²) in [6.45, 7) is 2.32. The zero-order valence-electron chi connectivity index (χ0n) is 23.7. The molecule has 0 spiro atoms. The molecule has 0 radical (unpaired) electrons. The normalized spacial score (nSPS) is 11.3. The number of rotatable bonds is 17. The third-order valence-electron chi connectivity index (χ3n) is 6.37. The summed E-state index contributed by atoms with van der Waals surface area (Å²) in [4.78, 5) is 43.2. The van der Waals surface area contributed by atoms with Crippen LogP contribution in [0.2, 0.25) is 0 Å². The fourth-order valence-electron chi connectivity index (χ4n) is 4.13. The fourth-order valence-corrected chi connectivity index (χ4v) is 4.13. The third kappa shape index (κ3) is 9.57. The highest BCUT2D eigenvalue weighted by atomic mass is 16.7. The highest BCUT2D eigenvalue weighted by Crippen LogP contribution is 2.30. The average Bonchev–Trinajstić information content (AvgIpc) is 3.02. The van der Waals surface area contributed by atoms with Crippen LogP contribution >= 0.6 is 0 Å². The molecule has 0 aliphatic heterocycles. The average molecular weight is 564 g/mol. The first kappa shape index (κ1) is 31.0. The van der Waals surface area contributed by atoms with Gasteiger partial charge < -0.3 is 20.1 Å². The van der Waals surface area contributed by atoms with Gasteiger partial charge in [-0.25, -0.2) is 5.06 Å². The van der Waals surface area contributed by atoms with Gasteiger partial charge in [0.2, 0.25) is 24.1 Å². The number of methoxy groups -OCH3 is 2. The SMILES string of the molecule is CCCCC[C@H](CN(C=O)OCc1ccccc1)C(=O)NCNC(=O)c1cccc(-c2cc(OC)nnc2OC)c1. The van der Waals surface area contributed by atoms with Gasteiger partial charge in [-0.3, -0.25) is 19.2 Å². The van der Waals surface area contributed by atoms with Crippen LogP contribution in [0.25, 0.3) is 11.1 Å². The quantitative estimate of drug-likeness (QED) is 0.110. The lowest BCUT2D eigenvalue weighted by Crippen LogP contribution is -2.43. The van der Waals surface area contributed by atoms with Crippen molar-refractivity contribution in [3.8, 4) is 22.9 Å². The topological polar surface area (TPSA) is 132 Å². The zero-order chi connectivity index (χ0) is 29.5. The molecule has 0 fully saturated rings. The summed E-state index contributed by atoms with van der Waals surface area (Å²) in [5.41, 5.74) is 2.60. The Morgan fingerprint density at radius 3 is 2.49 bits per heavy atom. The van der Waals surface area contributed by atoms with Crippen molar-refractivity contribution in [2.75, 3.05) is 27.4 Å². The van der Waals surface area contributed by atoms with Crippen LogP contribution < -0.4 is 20.1 Å². The number of amides is 3. The minimum absolute atomic E-state index is 0.0773. The first-order valence-corrected chi connectivity index (χ1v) is 13.5. The largest absolute Gasteiger partial charge is 0.480 e. The summed E-state index contributed by atoms with van der Waals surface area (Å²) in [6, 6.07) is 18.1. The van der Waals surface area contributed by atoms with E-state index in [1.54, 1.807) is 24.3 Å². The Bertz CT molecular complexity index is 1270. The van der Waals surface area contributed by atoms with Gasteiger partial charge in [0.05, 0.1) is 38.9 Å². The Kier molecular flexibility index (Phi) is 12.5. The van der Waals surface area contributed by atoms with Crippen LogP contribution in [-0.4, -0.2) is 60.9 Å². The molecule has 0 aliphatic carbocycles. The van der Waals surface area contributed by atoms with Crippen molar-refractivity contribution in [2.45, 2.75) is 39.2 Å². The highest BCUT2D eigenvalue weighted by Gasteiger charge is 2.22. The summed E-state index contributed by atoms with van der Waals surface area (Å²) in [5, 5.41) is 14.6. The van der Waals surface area contributed by atoms with Crippen molar-refractivity contribution in [3.05, 3.63) is 71.8 Å².